The normalized spacial score (nSPS) is 10.5. The maximum absolute atomic E-state index is 10.6. The molecule has 0 radical (unpaired) electrons. The Kier molecular flexibility index (Phi) is 4.37. The molecule has 0 spiro atoms. The van der Waals surface area contributed by atoms with E-state index in [1.807, 2.05) is 0 Å². The summed E-state index contributed by atoms with van der Waals surface area (Å²) in [4.78, 5) is 10.6. The molecule has 4 heteroatoms. The van der Waals surface area contributed by atoms with Crippen molar-refractivity contribution in [2.75, 3.05) is 13.2 Å². The first-order valence-corrected chi connectivity index (χ1v) is 4.46. The molecule has 80 valence electrons. The molecule has 0 saturated carbocycles. The highest BCUT2D eigenvalue weighted by Gasteiger charge is 2.02. The third kappa shape index (κ3) is 3.83. The van der Waals surface area contributed by atoms with E-state index in [1.165, 1.54) is 12.1 Å². The number of hydrogen-bond donors (Lipinski definition) is 2. The number of hydrogen-bond acceptors (Lipinski definition) is 3. The number of ether oxygens (including phenoxy) is 1. The molecule has 15 heavy (non-hydrogen) atoms. The minimum atomic E-state index is -0.980. The number of carboxylic acid groups (broad SMARTS) is 1. The molecule has 0 unspecified atom stereocenters. The number of carboxylic acids is 1. The van der Waals surface area contributed by atoms with Crippen LogP contribution in [-0.2, 0) is 0 Å². The molecule has 1 aromatic rings. The lowest BCUT2D eigenvalue weighted by Crippen LogP contribution is -1.98. The van der Waals surface area contributed by atoms with E-state index in [9.17, 15) is 4.79 Å². The minimum Gasteiger partial charge on any atom is -0.490 e. The van der Waals surface area contributed by atoms with Crippen molar-refractivity contribution in [3.63, 3.8) is 0 Å². The maximum atomic E-state index is 10.6. The third-order valence-electron chi connectivity index (χ3n) is 1.70. The van der Waals surface area contributed by atoms with Crippen LogP contribution >= 0.6 is 0 Å². The van der Waals surface area contributed by atoms with Gasteiger partial charge in [-0.3, -0.25) is 0 Å². The topological polar surface area (TPSA) is 66.8 Å². The summed E-state index contributed by atoms with van der Waals surface area (Å²) in [5.41, 5.74) is 0.193. The Labute approximate surface area is 87.4 Å². The minimum absolute atomic E-state index is 0.0292. The Bertz CT molecular complexity index is 357. The summed E-state index contributed by atoms with van der Waals surface area (Å²) in [6.07, 6.45) is 3.22. The molecule has 0 aromatic heterocycles. The van der Waals surface area contributed by atoms with Crippen molar-refractivity contribution >= 4 is 5.97 Å². The predicted octanol–water partition coefficient (Wildman–Crippen LogP) is 1.31. The highest BCUT2D eigenvalue weighted by atomic mass is 16.5. The highest BCUT2D eigenvalue weighted by molar-refractivity contribution is 5.87. The van der Waals surface area contributed by atoms with Gasteiger partial charge in [-0.1, -0.05) is 12.1 Å². The summed E-state index contributed by atoms with van der Waals surface area (Å²) >= 11 is 0. The van der Waals surface area contributed by atoms with Crippen LogP contribution in [0, 0.1) is 0 Å². The van der Waals surface area contributed by atoms with Crippen LogP contribution in [0.15, 0.2) is 36.4 Å². The zero-order valence-corrected chi connectivity index (χ0v) is 8.09. The van der Waals surface area contributed by atoms with Gasteiger partial charge in [-0.25, -0.2) is 4.79 Å². The average molecular weight is 208 g/mol. The van der Waals surface area contributed by atoms with Gasteiger partial charge >= 0.3 is 5.97 Å². The average Bonchev–Trinajstić information content (AvgIpc) is 2.25. The molecule has 0 atom stereocenters. The SMILES string of the molecule is O=C(O)c1cccc(OC/C=C/CO)c1. The number of aromatic carboxylic acids is 1. The van der Waals surface area contributed by atoms with E-state index in [1.54, 1.807) is 24.3 Å². The molecule has 0 fully saturated rings. The van der Waals surface area contributed by atoms with Crippen LogP contribution in [0.2, 0.25) is 0 Å². The number of carbonyl (C=O) groups is 1. The molecule has 0 bridgehead atoms. The van der Waals surface area contributed by atoms with Crippen LogP contribution in [-0.4, -0.2) is 29.4 Å². The maximum Gasteiger partial charge on any atom is 0.335 e. The Balaban J connectivity index is 2.58. The highest BCUT2D eigenvalue weighted by Crippen LogP contribution is 2.13. The molecule has 0 amide bonds. The van der Waals surface area contributed by atoms with E-state index in [0.717, 1.165) is 0 Å². The van der Waals surface area contributed by atoms with Gasteiger partial charge in [0.1, 0.15) is 12.4 Å². The van der Waals surface area contributed by atoms with Gasteiger partial charge in [-0.05, 0) is 24.3 Å². The molecular formula is C11H12O4. The van der Waals surface area contributed by atoms with Crippen LogP contribution in [0.3, 0.4) is 0 Å². The van der Waals surface area contributed by atoms with Gasteiger partial charge in [0.05, 0.1) is 12.2 Å². The summed E-state index contributed by atoms with van der Waals surface area (Å²) in [5, 5.41) is 17.2. The van der Waals surface area contributed by atoms with E-state index >= 15 is 0 Å². The van der Waals surface area contributed by atoms with Gasteiger partial charge in [0, 0.05) is 0 Å². The first kappa shape index (κ1) is 11.3. The predicted molar refractivity (Wildman–Crippen MR) is 55.1 cm³/mol. The molecule has 0 aliphatic carbocycles. The number of aliphatic hydroxyl groups excluding tert-OH is 1. The van der Waals surface area contributed by atoms with Gasteiger partial charge in [0.25, 0.3) is 0 Å². The Hall–Kier alpha value is -1.81. The Morgan fingerprint density at radius 3 is 2.87 bits per heavy atom. The van der Waals surface area contributed by atoms with Gasteiger partial charge in [0.2, 0.25) is 0 Å². The largest absolute Gasteiger partial charge is 0.490 e. The number of benzene rings is 1. The third-order valence-corrected chi connectivity index (χ3v) is 1.70. The molecule has 1 aromatic carbocycles. The lowest BCUT2D eigenvalue weighted by Gasteiger charge is -2.03. The number of aliphatic hydroxyl groups is 1. The number of rotatable bonds is 5. The quantitative estimate of drug-likeness (QED) is 0.716. The van der Waals surface area contributed by atoms with Gasteiger partial charge in [-0.15, -0.1) is 0 Å². The van der Waals surface area contributed by atoms with Crippen LogP contribution < -0.4 is 4.74 Å². The van der Waals surface area contributed by atoms with Crippen LogP contribution in [0.4, 0.5) is 0 Å². The Morgan fingerprint density at radius 1 is 1.40 bits per heavy atom. The standard InChI is InChI=1S/C11H12O4/c12-6-1-2-7-15-10-5-3-4-9(8-10)11(13)14/h1-5,8,12H,6-7H2,(H,13,14)/b2-1+. The molecular weight excluding hydrogens is 196 g/mol. The van der Waals surface area contributed by atoms with Gasteiger partial charge in [-0.2, -0.15) is 0 Å². The zero-order valence-electron chi connectivity index (χ0n) is 8.09. The molecule has 0 aliphatic heterocycles. The molecule has 2 N–H and O–H groups in total. The van der Waals surface area contributed by atoms with E-state index in [-0.39, 0.29) is 12.2 Å². The van der Waals surface area contributed by atoms with Crippen molar-refractivity contribution in [1.82, 2.24) is 0 Å². The Morgan fingerprint density at radius 2 is 2.20 bits per heavy atom. The van der Waals surface area contributed by atoms with Crippen LogP contribution in [0.5, 0.6) is 5.75 Å². The summed E-state index contributed by atoms with van der Waals surface area (Å²) in [5.74, 6) is -0.483. The lowest BCUT2D eigenvalue weighted by atomic mass is 10.2. The second-order valence-electron chi connectivity index (χ2n) is 2.80. The summed E-state index contributed by atoms with van der Waals surface area (Å²) in [6, 6.07) is 6.25. The van der Waals surface area contributed by atoms with Crippen LogP contribution in [0.25, 0.3) is 0 Å². The molecule has 4 nitrogen and oxygen atoms in total. The zero-order chi connectivity index (χ0) is 11.1. The smallest absolute Gasteiger partial charge is 0.335 e. The van der Waals surface area contributed by atoms with Crippen molar-refractivity contribution in [3.8, 4) is 5.75 Å². The second-order valence-corrected chi connectivity index (χ2v) is 2.80. The van der Waals surface area contributed by atoms with Gasteiger partial charge < -0.3 is 14.9 Å². The van der Waals surface area contributed by atoms with Crippen molar-refractivity contribution in [2.24, 2.45) is 0 Å². The van der Waals surface area contributed by atoms with E-state index < -0.39 is 5.97 Å². The van der Waals surface area contributed by atoms with Crippen molar-refractivity contribution in [2.45, 2.75) is 0 Å². The summed E-state index contributed by atoms with van der Waals surface area (Å²) in [7, 11) is 0. The van der Waals surface area contributed by atoms with Gasteiger partial charge in [0.15, 0.2) is 0 Å². The second kappa shape index (κ2) is 5.82. The van der Waals surface area contributed by atoms with E-state index in [0.29, 0.717) is 12.4 Å². The lowest BCUT2D eigenvalue weighted by molar-refractivity contribution is 0.0696. The van der Waals surface area contributed by atoms with Crippen molar-refractivity contribution in [1.29, 1.82) is 0 Å². The molecule has 0 saturated heterocycles. The summed E-state index contributed by atoms with van der Waals surface area (Å²) < 4.78 is 5.24. The van der Waals surface area contributed by atoms with E-state index in [4.69, 9.17) is 14.9 Å². The van der Waals surface area contributed by atoms with E-state index in [2.05, 4.69) is 0 Å². The summed E-state index contributed by atoms with van der Waals surface area (Å²) in [6.45, 7) is 0.280. The molecule has 0 heterocycles. The fraction of sp³-hybridized carbons (Fsp3) is 0.182. The molecule has 0 aliphatic rings. The fourth-order valence-electron chi connectivity index (χ4n) is 1.01. The first-order chi connectivity index (χ1) is 7.24. The van der Waals surface area contributed by atoms with Crippen LogP contribution in [0.1, 0.15) is 10.4 Å². The van der Waals surface area contributed by atoms with Crippen molar-refractivity contribution < 1.29 is 19.7 Å². The first-order valence-electron chi connectivity index (χ1n) is 4.46. The molecule has 1 rings (SSSR count). The monoisotopic (exact) mass is 208 g/mol. The van der Waals surface area contributed by atoms with Crippen molar-refractivity contribution in [3.05, 3.63) is 42.0 Å². The fourth-order valence-corrected chi connectivity index (χ4v) is 1.01.